The third-order valence-corrected chi connectivity index (χ3v) is 6.81. The minimum atomic E-state index is -3.69. The number of rotatable bonds is 8. The van der Waals surface area contributed by atoms with E-state index >= 15 is 0 Å². The van der Waals surface area contributed by atoms with Crippen LogP contribution in [-0.2, 0) is 21.2 Å². The van der Waals surface area contributed by atoms with Crippen LogP contribution in [0.5, 0.6) is 5.75 Å². The number of ether oxygens (including phenoxy) is 1. The Kier molecular flexibility index (Phi) is 8.26. The number of amides is 2. The zero-order chi connectivity index (χ0) is 26.6. The second-order valence-corrected chi connectivity index (χ2v) is 10.6. The van der Waals surface area contributed by atoms with Gasteiger partial charge in [-0.15, -0.1) is 0 Å². The second-order valence-electron chi connectivity index (χ2n) is 8.32. The summed E-state index contributed by atoms with van der Waals surface area (Å²) in [7, 11) is -0.632. The molecule has 36 heavy (non-hydrogen) atoms. The number of aryl methyl sites for hydroxylation is 1. The van der Waals surface area contributed by atoms with Crippen molar-refractivity contribution in [2.45, 2.75) is 20.3 Å². The molecule has 12 heteroatoms. The van der Waals surface area contributed by atoms with E-state index in [0.29, 0.717) is 27.8 Å². The van der Waals surface area contributed by atoms with Crippen LogP contribution in [0.1, 0.15) is 23.6 Å². The summed E-state index contributed by atoms with van der Waals surface area (Å²) >= 11 is 6.31. The minimum Gasteiger partial charge on any atom is -0.422 e. The SMILES string of the molecule is CC(=O)NCCS(=O)(=O)Nc1cccc(Cc2c(C)c3cc(Cl)c(OC(=O)N(C)C)cc3oc2=O)c1. The number of anilines is 1. The van der Waals surface area contributed by atoms with E-state index in [1.807, 2.05) is 0 Å². The highest BCUT2D eigenvalue weighted by molar-refractivity contribution is 7.92. The number of sulfonamides is 1. The van der Waals surface area contributed by atoms with E-state index < -0.39 is 21.7 Å². The number of nitrogens with zero attached hydrogens (tertiary/aromatic N) is 1. The van der Waals surface area contributed by atoms with Crippen molar-refractivity contribution in [3.8, 4) is 5.75 Å². The van der Waals surface area contributed by atoms with Crippen LogP contribution in [0.15, 0.2) is 45.6 Å². The van der Waals surface area contributed by atoms with Gasteiger partial charge in [0, 0.05) is 56.7 Å². The average molecular weight is 536 g/mol. The van der Waals surface area contributed by atoms with E-state index in [4.69, 9.17) is 20.8 Å². The number of carbonyl (C=O) groups is 2. The third kappa shape index (κ3) is 6.76. The first kappa shape index (κ1) is 27.0. The molecule has 0 saturated heterocycles. The molecule has 10 nitrogen and oxygen atoms in total. The van der Waals surface area contributed by atoms with E-state index in [1.165, 1.54) is 32.0 Å². The van der Waals surface area contributed by atoms with Gasteiger partial charge in [-0.05, 0) is 36.2 Å². The largest absolute Gasteiger partial charge is 0.422 e. The lowest BCUT2D eigenvalue weighted by Gasteiger charge is -2.14. The van der Waals surface area contributed by atoms with Crippen molar-refractivity contribution in [2.75, 3.05) is 31.1 Å². The molecule has 0 fully saturated rings. The molecule has 0 bridgehead atoms. The topological polar surface area (TPSA) is 135 Å². The molecule has 0 atom stereocenters. The molecule has 0 aliphatic carbocycles. The standard InChI is InChI=1S/C24H26ClN3O7S/c1-14-18-12-20(25)22(35-24(31)28(3)4)13-21(18)34-23(30)19(14)11-16-6-5-7-17(10-16)27-36(32,33)9-8-26-15(2)29/h5-7,10,12-13,27H,8-9,11H2,1-4H3,(H,26,29). The number of halogens is 1. The highest BCUT2D eigenvalue weighted by Gasteiger charge is 2.18. The summed E-state index contributed by atoms with van der Waals surface area (Å²) in [5.74, 6) is -0.530. The quantitative estimate of drug-likeness (QED) is 0.422. The van der Waals surface area contributed by atoms with Gasteiger partial charge >= 0.3 is 11.7 Å². The lowest BCUT2D eigenvalue weighted by molar-refractivity contribution is -0.118. The van der Waals surface area contributed by atoms with Gasteiger partial charge in [0.05, 0.1) is 10.8 Å². The zero-order valence-corrected chi connectivity index (χ0v) is 21.7. The molecule has 0 saturated carbocycles. The third-order valence-electron chi connectivity index (χ3n) is 5.23. The van der Waals surface area contributed by atoms with E-state index in [1.54, 1.807) is 37.3 Å². The Morgan fingerprint density at radius 3 is 2.56 bits per heavy atom. The molecule has 2 N–H and O–H groups in total. The van der Waals surface area contributed by atoms with Crippen LogP contribution in [0.3, 0.4) is 0 Å². The van der Waals surface area contributed by atoms with Gasteiger partial charge in [0.1, 0.15) is 5.58 Å². The van der Waals surface area contributed by atoms with E-state index in [2.05, 4.69) is 10.0 Å². The molecule has 0 aliphatic rings. The van der Waals surface area contributed by atoms with Gasteiger partial charge in [0.25, 0.3) is 0 Å². The van der Waals surface area contributed by atoms with Crippen LogP contribution < -0.4 is 20.4 Å². The smallest absolute Gasteiger partial charge is 0.414 e. The van der Waals surface area contributed by atoms with E-state index in [-0.39, 0.29) is 41.0 Å². The van der Waals surface area contributed by atoms with Crippen molar-refractivity contribution in [3.63, 3.8) is 0 Å². The number of carbonyl (C=O) groups excluding carboxylic acids is 2. The predicted octanol–water partition coefficient (Wildman–Crippen LogP) is 3.28. The molecule has 0 unspecified atom stereocenters. The normalized spacial score (nSPS) is 11.2. The number of benzene rings is 2. The van der Waals surface area contributed by atoms with Crippen LogP contribution in [0.2, 0.25) is 5.02 Å². The van der Waals surface area contributed by atoms with Crippen molar-refractivity contribution in [2.24, 2.45) is 0 Å². The van der Waals surface area contributed by atoms with Crippen molar-refractivity contribution < 1.29 is 27.2 Å². The molecular formula is C24H26ClN3O7S. The summed E-state index contributed by atoms with van der Waals surface area (Å²) < 4.78 is 37.8. The van der Waals surface area contributed by atoms with Crippen LogP contribution in [0.4, 0.5) is 10.5 Å². The molecular weight excluding hydrogens is 510 g/mol. The summed E-state index contributed by atoms with van der Waals surface area (Å²) in [6.07, 6.45) is -0.446. The highest BCUT2D eigenvalue weighted by Crippen LogP contribution is 2.32. The Hall–Kier alpha value is -3.57. The summed E-state index contributed by atoms with van der Waals surface area (Å²) in [5.41, 5.74) is 1.65. The summed E-state index contributed by atoms with van der Waals surface area (Å²) in [6.45, 7) is 3.05. The molecule has 1 aromatic heterocycles. The summed E-state index contributed by atoms with van der Waals surface area (Å²) in [6, 6.07) is 9.60. The molecule has 3 rings (SSSR count). The maximum absolute atomic E-state index is 12.8. The fourth-order valence-corrected chi connectivity index (χ4v) is 4.56. The lowest BCUT2D eigenvalue weighted by Crippen LogP contribution is -2.29. The molecule has 192 valence electrons. The van der Waals surface area contributed by atoms with E-state index in [9.17, 15) is 22.8 Å². The van der Waals surface area contributed by atoms with Crippen molar-refractivity contribution in [1.29, 1.82) is 0 Å². The fraction of sp³-hybridized carbons (Fsp3) is 0.292. The minimum absolute atomic E-state index is 0.0136. The maximum atomic E-state index is 12.8. The second kappa shape index (κ2) is 11.0. The maximum Gasteiger partial charge on any atom is 0.414 e. The molecule has 0 aliphatic heterocycles. The number of hydrogen-bond donors (Lipinski definition) is 2. The van der Waals surface area contributed by atoms with Gasteiger partial charge in [-0.1, -0.05) is 23.7 Å². The van der Waals surface area contributed by atoms with Crippen molar-refractivity contribution in [3.05, 3.63) is 68.5 Å². The Bertz CT molecular complexity index is 1480. The van der Waals surface area contributed by atoms with Gasteiger partial charge in [-0.3, -0.25) is 9.52 Å². The first-order chi connectivity index (χ1) is 16.9. The Balaban J connectivity index is 1.87. The Morgan fingerprint density at radius 1 is 1.17 bits per heavy atom. The summed E-state index contributed by atoms with van der Waals surface area (Å²) in [4.78, 5) is 36.9. The Labute approximate surface area is 213 Å². The van der Waals surface area contributed by atoms with Gasteiger partial charge in [-0.2, -0.15) is 0 Å². The van der Waals surface area contributed by atoms with Gasteiger partial charge in [0.15, 0.2) is 5.75 Å². The summed E-state index contributed by atoms with van der Waals surface area (Å²) in [5, 5.41) is 3.20. The fourth-order valence-electron chi connectivity index (χ4n) is 3.40. The van der Waals surface area contributed by atoms with Crippen LogP contribution in [0, 0.1) is 6.92 Å². The van der Waals surface area contributed by atoms with Crippen LogP contribution >= 0.6 is 11.6 Å². The predicted molar refractivity (Wildman–Crippen MR) is 137 cm³/mol. The molecule has 3 aromatic rings. The van der Waals surface area contributed by atoms with E-state index in [0.717, 1.165) is 0 Å². The van der Waals surface area contributed by atoms with Gasteiger partial charge < -0.3 is 19.4 Å². The molecule has 2 amide bonds. The van der Waals surface area contributed by atoms with Gasteiger partial charge in [0.2, 0.25) is 15.9 Å². The number of hydrogen-bond acceptors (Lipinski definition) is 7. The van der Waals surface area contributed by atoms with Crippen molar-refractivity contribution >= 4 is 50.3 Å². The Morgan fingerprint density at radius 2 is 1.89 bits per heavy atom. The highest BCUT2D eigenvalue weighted by atomic mass is 35.5. The van der Waals surface area contributed by atoms with Gasteiger partial charge in [-0.25, -0.2) is 18.0 Å². The molecule has 2 aromatic carbocycles. The van der Waals surface area contributed by atoms with Crippen LogP contribution in [-0.4, -0.2) is 51.7 Å². The average Bonchev–Trinajstić information content (AvgIpc) is 2.77. The first-order valence-electron chi connectivity index (χ1n) is 10.8. The molecule has 0 spiro atoms. The monoisotopic (exact) mass is 535 g/mol. The lowest BCUT2D eigenvalue weighted by atomic mass is 9.99. The zero-order valence-electron chi connectivity index (χ0n) is 20.2. The van der Waals surface area contributed by atoms with Crippen molar-refractivity contribution in [1.82, 2.24) is 10.2 Å². The number of nitrogens with one attached hydrogen (secondary N) is 2. The first-order valence-corrected chi connectivity index (χ1v) is 12.9. The number of fused-ring (bicyclic) bond motifs is 1. The van der Waals surface area contributed by atoms with Crippen LogP contribution in [0.25, 0.3) is 11.0 Å². The molecule has 1 heterocycles. The molecule has 0 radical (unpaired) electrons.